The van der Waals surface area contributed by atoms with Crippen LogP contribution in [0.3, 0.4) is 0 Å². The molecule has 1 fully saturated rings. The van der Waals surface area contributed by atoms with Crippen molar-refractivity contribution < 1.29 is 7.69 Å². The van der Waals surface area contributed by atoms with Gasteiger partial charge < -0.3 is 17.2 Å². The van der Waals surface area contributed by atoms with Crippen molar-refractivity contribution in [2.45, 2.75) is 0 Å². The monoisotopic (exact) mass is 193 g/mol. The summed E-state index contributed by atoms with van der Waals surface area (Å²) in [5.41, 5.74) is 7.41. The van der Waals surface area contributed by atoms with E-state index in [0.717, 1.165) is 25.3 Å². The van der Waals surface area contributed by atoms with Gasteiger partial charge in [0.2, 0.25) is 0 Å². The zero-order valence-electron chi connectivity index (χ0n) is 8.05. The maximum absolute atomic E-state index is 5.71. The molecular formula is C7H23N5O. The Bertz CT molecular complexity index is 190. The van der Waals surface area contributed by atoms with Gasteiger partial charge in [-0.2, -0.15) is 0 Å². The highest BCUT2D eigenvalue weighted by atomic mass is 16.6. The topological polar surface area (TPSA) is 112 Å². The molecule has 1 aliphatic rings. The average molecular weight is 193 g/mol. The van der Waals surface area contributed by atoms with Crippen molar-refractivity contribution in [1.82, 2.24) is 16.4 Å². The zero-order chi connectivity index (χ0) is 8.97. The number of nitrogens with zero attached hydrogens (tertiary/aromatic N) is 1. The maximum atomic E-state index is 5.71. The molecule has 8 N–H and O–H groups in total. The third-order valence-corrected chi connectivity index (χ3v) is 1.89. The molecule has 1 rings (SSSR count). The Hall–Kier alpha value is -0.820. The summed E-state index contributed by atoms with van der Waals surface area (Å²) >= 11 is 0. The Kier molecular flexibility index (Phi) is 5.40. The predicted molar refractivity (Wildman–Crippen MR) is 56.1 cm³/mol. The average Bonchev–Trinajstić information content (AvgIpc) is 2.05. The highest BCUT2D eigenvalue weighted by molar-refractivity contribution is 5.13. The molecule has 0 atom stereocenters. The van der Waals surface area contributed by atoms with Crippen LogP contribution in [0.1, 0.15) is 2.85 Å². The molecule has 13 heavy (non-hydrogen) atoms. The van der Waals surface area contributed by atoms with Crippen LogP contribution in [-0.4, -0.2) is 38.2 Å². The largest absolute Gasteiger partial charge is 0.399 e. The normalized spacial score (nSPS) is 21.7. The second kappa shape index (κ2) is 5.76. The predicted octanol–water partition coefficient (Wildman–Crippen LogP) is -0.764. The molecule has 0 spiro atoms. The molecule has 0 aromatic heterocycles. The van der Waals surface area contributed by atoms with E-state index in [1.165, 1.54) is 0 Å². The molecule has 1 aliphatic heterocycles. The van der Waals surface area contributed by atoms with Gasteiger partial charge in [-0.15, -0.1) is 0 Å². The fourth-order valence-electron chi connectivity index (χ4n) is 1.19. The lowest BCUT2D eigenvalue weighted by atomic mass is 10.2. The molecule has 1 saturated heterocycles. The van der Waals surface area contributed by atoms with Gasteiger partial charge in [0.25, 0.3) is 0 Å². The highest BCUT2D eigenvalue weighted by Gasteiger charge is 2.11. The summed E-state index contributed by atoms with van der Waals surface area (Å²) in [4.78, 5) is 6.64. The van der Waals surface area contributed by atoms with Gasteiger partial charge in [-0.3, -0.25) is 9.74 Å². The Balaban J connectivity index is -0.000000480. The van der Waals surface area contributed by atoms with Crippen molar-refractivity contribution in [3.63, 3.8) is 0 Å². The van der Waals surface area contributed by atoms with Crippen molar-refractivity contribution in [3.8, 4) is 0 Å². The van der Waals surface area contributed by atoms with Gasteiger partial charge in [0, 0.05) is 28.2 Å². The molecule has 0 unspecified atom stereocenters. The zero-order valence-corrected chi connectivity index (χ0v) is 8.05. The Labute approximate surface area is 81.4 Å². The number of hydrogen-bond donors (Lipinski definition) is 4. The first kappa shape index (κ1) is 12.2. The summed E-state index contributed by atoms with van der Waals surface area (Å²) in [7, 11) is 2.05. The van der Waals surface area contributed by atoms with Crippen molar-refractivity contribution in [2.75, 3.05) is 33.3 Å². The summed E-state index contributed by atoms with van der Waals surface area (Å²) in [6, 6.07) is 0. The number of rotatable bonds is 2. The van der Waals surface area contributed by atoms with E-state index in [9.17, 15) is 0 Å². The van der Waals surface area contributed by atoms with Gasteiger partial charge in [-0.1, -0.05) is 0 Å². The minimum atomic E-state index is 0. The summed E-state index contributed by atoms with van der Waals surface area (Å²) in [6.07, 6.45) is 0. The van der Waals surface area contributed by atoms with Gasteiger partial charge in [0.15, 0.2) is 0 Å². The lowest BCUT2D eigenvalue weighted by molar-refractivity contribution is 0.158. The molecule has 0 saturated carbocycles. The van der Waals surface area contributed by atoms with E-state index in [0.29, 0.717) is 5.70 Å². The van der Waals surface area contributed by atoms with E-state index in [4.69, 9.17) is 11.6 Å². The Morgan fingerprint density at radius 2 is 2.46 bits per heavy atom. The molecule has 6 heteroatoms. The summed E-state index contributed by atoms with van der Waals surface area (Å²) in [5, 5.41) is 3.21. The number of piperazine rings is 1. The fourth-order valence-corrected chi connectivity index (χ4v) is 1.19. The van der Waals surface area contributed by atoms with Crippen LogP contribution in [-0.2, 0) is 4.84 Å². The summed E-state index contributed by atoms with van der Waals surface area (Å²) in [5.74, 6) is 4.92. The lowest BCUT2D eigenvalue weighted by Crippen LogP contribution is -2.41. The first-order chi connectivity index (χ1) is 5.74. The van der Waals surface area contributed by atoms with Crippen LogP contribution < -0.4 is 23.1 Å². The van der Waals surface area contributed by atoms with Gasteiger partial charge in [0.05, 0.1) is 5.70 Å². The number of nitrogens with two attached hydrogens (primary N) is 2. The molecule has 0 amide bonds. The van der Waals surface area contributed by atoms with Gasteiger partial charge in [-0.05, 0) is 7.05 Å². The van der Waals surface area contributed by atoms with Crippen molar-refractivity contribution in [1.29, 1.82) is 0 Å². The van der Waals surface area contributed by atoms with E-state index in [1.807, 2.05) is 0 Å². The van der Waals surface area contributed by atoms with Crippen LogP contribution in [0.4, 0.5) is 0 Å². The molecule has 1 heterocycles. The molecule has 6 nitrogen and oxygen atoms in total. The van der Waals surface area contributed by atoms with E-state index < -0.39 is 0 Å². The van der Waals surface area contributed by atoms with Crippen molar-refractivity contribution in [2.24, 2.45) is 11.6 Å². The van der Waals surface area contributed by atoms with Gasteiger partial charge in [-0.25, -0.2) is 5.90 Å². The SMILES string of the molecule is CN1CCN/C(=C(\N)CON)C1.N.[HH].[HH]. The third-order valence-electron chi connectivity index (χ3n) is 1.89. The molecule has 0 radical (unpaired) electrons. The van der Waals surface area contributed by atoms with Crippen LogP contribution in [0.5, 0.6) is 0 Å². The quantitative estimate of drug-likeness (QED) is 0.429. The number of hydrogen-bond acceptors (Lipinski definition) is 6. The minimum Gasteiger partial charge on any atom is -0.399 e. The summed E-state index contributed by atoms with van der Waals surface area (Å²) < 4.78 is 0. The second-order valence-electron chi connectivity index (χ2n) is 2.98. The van der Waals surface area contributed by atoms with E-state index >= 15 is 0 Å². The molecule has 0 aliphatic carbocycles. The smallest absolute Gasteiger partial charge is 0.109 e. The van der Waals surface area contributed by atoms with Crippen molar-refractivity contribution in [3.05, 3.63) is 11.4 Å². The van der Waals surface area contributed by atoms with Gasteiger partial charge >= 0.3 is 0 Å². The van der Waals surface area contributed by atoms with Crippen LogP contribution in [0, 0.1) is 0 Å². The van der Waals surface area contributed by atoms with Crippen LogP contribution in [0.15, 0.2) is 11.4 Å². The molecule has 0 bridgehead atoms. The fraction of sp³-hybridized carbons (Fsp3) is 0.714. The third kappa shape index (κ3) is 3.60. The molecule has 0 aromatic carbocycles. The number of nitrogens with one attached hydrogen (secondary N) is 1. The maximum Gasteiger partial charge on any atom is 0.109 e. The van der Waals surface area contributed by atoms with E-state index in [-0.39, 0.29) is 15.6 Å². The van der Waals surface area contributed by atoms with E-state index in [1.54, 1.807) is 0 Å². The molecule has 82 valence electrons. The Morgan fingerprint density at radius 1 is 1.77 bits per heavy atom. The lowest BCUT2D eigenvalue weighted by Gasteiger charge is -2.27. The van der Waals surface area contributed by atoms with E-state index in [2.05, 4.69) is 22.1 Å². The Morgan fingerprint density at radius 3 is 3.00 bits per heavy atom. The van der Waals surface area contributed by atoms with Crippen LogP contribution >= 0.6 is 0 Å². The molecule has 0 aromatic rings. The van der Waals surface area contributed by atoms with Crippen molar-refractivity contribution >= 4 is 0 Å². The molecular weight excluding hydrogens is 170 g/mol. The minimum absolute atomic E-state index is 0. The highest BCUT2D eigenvalue weighted by Crippen LogP contribution is 2.02. The first-order valence-electron chi connectivity index (χ1n) is 3.95. The standard InChI is InChI=1S/C7H16N4O.H3N.2H2/c1-11-3-2-10-7(4-11)6(8)5-12-9;;;/h10H,2-5,8-9H2,1H3;1H3;2*1H/b7-6-;;;. The van der Waals surface area contributed by atoms with Gasteiger partial charge in [0.1, 0.15) is 6.61 Å². The summed E-state index contributed by atoms with van der Waals surface area (Å²) in [6.45, 7) is 3.10. The second-order valence-corrected chi connectivity index (χ2v) is 2.98. The number of likely N-dealkylation sites (N-methyl/N-ethyl adjacent to an activating group) is 1. The van der Waals surface area contributed by atoms with Crippen LogP contribution in [0.2, 0.25) is 0 Å². The van der Waals surface area contributed by atoms with Crippen LogP contribution in [0.25, 0.3) is 0 Å². The first-order valence-corrected chi connectivity index (χ1v) is 3.95.